The van der Waals surface area contributed by atoms with Crippen molar-refractivity contribution in [2.24, 2.45) is 0 Å². The van der Waals surface area contributed by atoms with Crippen LogP contribution in [0, 0.1) is 5.82 Å². The first kappa shape index (κ1) is 19.1. The number of halogens is 1. The van der Waals surface area contributed by atoms with Crippen molar-refractivity contribution in [2.45, 2.75) is 18.9 Å². The smallest absolute Gasteiger partial charge is 0.272 e. The Hall–Kier alpha value is -3.84. The van der Waals surface area contributed by atoms with Crippen LogP contribution < -0.4 is 10.5 Å². The van der Waals surface area contributed by atoms with E-state index in [9.17, 15) is 19.1 Å². The minimum absolute atomic E-state index is 0.0569. The van der Waals surface area contributed by atoms with Gasteiger partial charge in [0.05, 0.1) is 22.5 Å². The van der Waals surface area contributed by atoms with Crippen LogP contribution in [0.4, 0.5) is 15.8 Å². The standard InChI is InChI=1S/C24H18FN3O3/c1-24(31)17-8-4-5-9-20(17)28(23(24)30)21-13-14(10-11-18(21)25)12-19-15-6-2-3-7-16(15)22(29)27-26-19/h2-11,13,31H,12H2,1H3,(H,27,29). The molecule has 6 nitrogen and oxygen atoms in total. The summed E-state index contributed by atoms with van der Waals surface area (Å²) in [4.78, 5) is 26.2. The average molecular weight is 415 g/mol. The van der Waals surface area contributed by atoms with Gasteiger partial charge >= 0.3 is 0 Å². The first-order chi connectivity index (χ1) is 14.9. The number of rotatable bonds is 3. The van der Waals surface area contributed by atoms with Gasteiger partial charge in [0.2, 0.25) is 0 Å². The van der Waals surface area contributed by atoms with Crippen molar-refractivity contribution in [3.63, 3.8) is 0 Å². The summed E-state index contributed by atoms with van der Waals surface area (Å²) in [5, 5.41) is 18.6. The highest BCUT2D eigenvalue weighted by Gasteiger charge is 2.47. The minimum atomic E-state index is -1.74. The number of amides is 1. The Morgan fingerprint density at radius 2 is 1.71 bits per heavy atom. The van der Waals surface area contributed by atoms with E-state index >= 15 is 0 Å². The summed E-state index contributed by atoms with van der Waals surface area (Å²) < 4.78 is 14.8. The maximum absolute atomic E-state index is 14.8. The number of nitrogens with zero attached hydrogens (tertiary/aromatic N) is 2. The highest BCUT2D eigenvalue weighted by Crippen LogP contribution is 2.44. The van der Waals surface area contributed by atoms with Crippen LogP contribution in [-0.4, -0.2) is 21.2 Å². The Labute approximate surface area is 176 Å². The molecule has 0 saturated carbocycles. The lowest BCUT2D eigenvalue weighted by Crippen LogP contribution is -2.35. The number of carbonyl (C=O) groups is 1. The second kappa shape index (κ2) is 6.85. The van der Waals surface area contributed by atoms with Crippen LogP contribution in [0.3, 0.4) is 0 Å². The number of anilines is 2. The third kappa shape index (κ3) is 2.93. The Bertz CT molecular complexity index is 1410. The van der Waals surface area contributed by atoms with Crippen LogP contribution >= 0.6 is 0 Å². The molecule has 3 aromatic carbocycles. The zero-order valence-electron chi connectivity index (χ0n) is 16.6. The number of aromatic nitrogens is 2. The molecule has 1 aliphatic heterocycles. The fourth-order valence-corrected chi connectivity index (χ4v) is 4.10. The molecule has 1 aliphatic rings. The first-order valence-corrected chi connectivity index (χ1v) is 9.79. The number of nitrogens with one attached hydrogen (secondary N) is 1. The zero-order chi connectivity index (χ0) is 21.8. The number of benzene rings is 3. The normalized spacial score (nSPS) is 17.9. The molecule has 1 unspecified atom stereocenters. The quantitative estimate of drug-likeness (QED) is 0.536. The SMILES string of the molecule is CC1(O)C(=O)N(c2cc(Cc3n[nH]c(=O)c4ccccc34)ccc2F)c2ccccc21. The van der Waals surface area contributed by atoms with E-state index in [1.807, 2.05) is 12.1 Å². The molecule has 2 heterocycles. The van der Waals surface area contributed by atoms with Gasteiger partial charge in [-0.05, 0) is 36.8 Å². The molecular weight excluding hydrogens is 397 g/mol. The molecule has 1 atom stereocenters. The number of aliphatic hydroxyl groups is 1. The number of carbonyl (C=O) groups excluding carboxylic acids is 1. The Kier molecular flexibility index (Phi) is 4.23. The van der Waals surface area contributed by atoms with Gasteiger partial charge in [-0.15, -0.1) is 0 Å². The van der Waals surface area contributed by atoms with Crippen molar-refractivity contribution in [3.8, 4) is 0 Å². The maximum atomic E-state index is 14.8. The van der Waals surface area contributed by atoms with Crippen molar-refractivity contribution in [1.29, 1.82) is 0 Å². The largest absolute Gasteiger partial charge is 0.375 e. The van der Waals surface area contributed by atoms with Gasteiger partial charge in [-0.3, -0.25) is 14.5 Å². The highest BCUT2D eigenvalue weighted by atomic mass is 19.1. The molecule has 0 spiro atoms. The lowest BCUT2D eigenvalue weighted by atomic mass is 9.98. The van der Waals surface area contributed by atoms with Crippen molar-refractivity contribution < 1.29 is 14.3 Å². The second-order valence-electron chi connectivity index (χ2n) is 7.74. The molecule has 1 amide bonds. The number of aromatic amines is 1. The predicted molar refractivity (Wildman–Crippen MR) is 115 cm³/mol. The lowest BCUT2D eigenvalue weighted by Gasteiger charge is -2.21. The molecule has 4 aromatic rings. The van der Waals surface area contributed by atoms with Gasteiger partial charge in [0.15, 0.2) is 5.60 Å². The molecule has 7 heteroatoms. The summed E-state index contributed by atoms with van der Waals surface area (Å²) in [5.74, 6) is -1.19. The minimum Gasteiger partial charge on any atom is -0.375 e. The predicted octanol–water partition coefficient (Wildman–Crippen LogP) is 3.54. The van der Waals surface area contributed by atoms with Crippen molar-refractivity contribution in [2.75, 3.05) is 4.90 Å². The summed E-state index contributed by atoms with van der Waals surface area (Å²) in [6, 6.07) is 18.4. The van der Waals surface area contributed by atoms with Crippen LogP contribution in [-0.2, 0) is 16.8 Å². The van der Waals surface area contributed by atoms with Crippen LogP contribution in [0.2, 0.25) is 0 Å². The fraction of sp³-hybridized carbons (Fsp3) is 0.125. The van der Waals surface area contributed by atoms with Gasteiger partial charge in [0.25, 0.3) is 11.5 Å². The van der Waals surface area contributed by atoms with Crippen LogP contribution in [0.5, 0.6) is 0 Å². The Balaban J connectivity index is 1.60. The Morgan fingerprint density at radius 3 is 2.52 bits per heavy atom. The highest BCUT2D eigenvalue weighted by molar-refractivity contribution is 6.11. The first-order valence-electron chi connectivity index (χ1n) is 9.79. The van der Waals surface area contributed by atoms with Crippen LogP contribution in [0.1, 0.15) is 23.7 Å². The van der Waals surface area contributed by atoms with E-state index in [1.165, 1.54) is 17.9 Å². The summed E-state index contributed by atoms with van der Waals surface area (Å²) in [5.41, 5.74) is 0.252. The molecule has 1 aromatic heterocycles. The summed E-state index contributed by atoms with van der Waals surface area (Å²) in [7, 11) is 0. The van der Waals surface area contributed by atoms with Crippen LogP contribution in [0.25, 0.3) is 10.8 Å². The van der Waals surface area contributed by atoms with Gasteiger partial charge in [-0.1, -0.05) is 42.5 Å². The zero-order valence-corrected chi connectivity index (χ0v) is 16.6. The van der Waals surface area contributed by atoms with Gasteiger partial charge in [0.1, 0.15) is 5.82 Å². The van der Waals surface area contributed by atoms with Gasteiger partial charge in [-0.2, -0.15) is 5.10 Å². The van der Waals surface area contributed by atoms with E-state index in [0.29, 0.717) is 39.7 Å². The molecule has 5 rings (SSSR count). The van der Waals surface area contributed by atoms with E-state index in [0.717, 1.165) is 0 Å². The third-order valence-electron chi connectivity index (χ3n) is 5.69. The topological polar surface area (TPSA) is 86.3 Å². The number of hydrogen-bond donors (Lipinski definition) is 2. The average Bonchev–Trinajstić information content (AvgIpc) is 2.98. The van der Waals surface area contributed by atoms with E-state index in [-0.39, 0.29) is 11.2 Å². The van der Waals surface area contributed by atoms with E-state index in [1.54, 1.807) is 48.5 Å². The number of fused-ring (bicyclic) bond motifs is 2. The molecule has 0 saturated heterocycles. The lowest BCUT2D eigenvalue weighted by molar-refractivity contribution is -0.133. The molecule has 0 bridgehead atoms. The molecular formula is C24H18FN3O3. The monoisotopic (exact) mass is 415 g/mol. The Morgan fingerprint density at radius 1 is 1.00 bits per heavy atom. The second-order valence-corrected chi connectivity index (χ2v) is 7.74. The van der Waals surface area contributed by atoms with Crippen molar-refractivity contribution in [1.82, 2.24) is 10.2 Å². The number of hydrogen-bond acceptors (Lipinski definition) is 4. The van der Waals surface area contributed by atoms with E-state index in [4.69, 9.17) is 0 Å². The van der Waals surface area contributed by atoms with E-state index in [2.05, 4.69) is 10.2 Å². The summed E-state index contributed by atoms with van der Waals surface area (Å²) >= 11 is 0. The summed E-state index contributed by atoms with van der Waals surface area (Å²) in [6.07, 6.45) is 0.324. The van der Waals surface area contributed by atoms with Crippen molar-refractivity contribution in [3.05, 3.63) is 99.7 Å². The number of H-pyrrole nitrogens is 1. The molecule has 154 valence electrons. The van der Waals surface area contributed by atoms with Crippen LogP contribution in [0.15, 0.2) is 71.5 Å². The molecule has 0 fully saturated rings. The fourth-order valence-electron chi connectivity index (χ4n) is 4.10. The van der Waals surface area contributed by atoms with Crippen molar-refractivity contribution >= 4 is 28.1 Å². The summed E-state index contributed by atoms with van der Waals surface area (Å²) in [6.45, 7) is 1.41. The molecule has 2 N–H and O–H groups in total. The maximum Gasteiger partial charge on any atom is 0.272 e. The molecule has 0 radical (unpaired) electrons. The molecule has 31 heavy (non-hydrogen) atoms. The van der Waals surface area contributed by atoms with Gasteiger partial charge in [-0.25, -0.2) is 9.49 Å². The van der Waals surface area contributed by atoms with Gasteiger partial charge in [0, 0.05) is 17.4 Å². The number of para-hydroxylation sites is 1. The van der Waals surface area contributed by atoms with Gasteiger partial charge < -0.3 is 5.11 Å². The van der Waals surface area contributed by atoms with E-state index < -0.39 is 17.3 Å². The molecule has 0 aliphatic carbocycles. The third-order valence-corrected chi connectivity index (χ3v) is 5.69.